The number of hydrogen-bond donors (Lipinski definition) is 5. The van der Waals surface area contributed by atoms with Crippen molar-refractivity contribution >= 4 is 0 Å². The zero-order valence-corrected chi connectivity index (χ0v) is 12.1. The fourth-order valence-corrected chi connectivity index (χ4v) is 1.36. The summed E-state index contributed by atoms with van der Waals surface area (Å²) in [6.07, 6.45) is 0. The van der Waals surface area contributed by atoms with Crippen molar-refractivity contribution in [2.24, 2.45) is 11.5 Å². The minimum atomic E-state index is 0.345. The SMILES string of the molecule is Cc1ccc(O)cc1C.NCCNCCNCCN. The van der Waals surface area contributed by atoms with E-state index < -0.39 is 0 Å². The number of benzene rings is 1. The van der Waals surface area contributed by atoms with Gasteiger partial charge in [0.15, 0.2) is 0 Å². The fourth-order valence-electron chi connectivity index (χ4n) is 1.36. The maximum atomic E-state index is 8.94. The molecule has 0 radical (unpaired) electrons. The van der Waals surface area contributed by atoms with E-state index in [1.54, 1.807) is 12.1 Å². The molecule has 1 aromatic rings. The quantitative estimate of drug-likeness (QED) is 0.452. The van der Waals surface area contributed by atoms with Crippen LogP contribution in [-0.2, 0) is 0 Å². The zero-order valence-electron chi connectivity index (χ0n) is 12.1. The Labute approximate surface area is 116 Å². The molecule has 5 nitrogen and oxygen atoms in total. The van der Waals surface area contributed by atoms with E-state index in [0.29, 0.717) is 18.8 Å². The maximum absolute atomic E-state index is 8.94. The van der Waals surface area contributed by atoms with Gasteiger partial charge in [0.2, 0.25) is 0 Å². The Kier molecular flexibility index (Phi) is 11.2. The molecule has 19 heavy (non-hydrogen) atoms. The molecule has 1 aromatic carbocycles. The van der Waals surface area contributed by atoms with E-state index in [1.807, 2.05) is 19.9 Å². The number of nitrogens with one attached hydrogen (secondary N) is 2. The van der Waals surface area contributed by atoms with Crippen LogP contribution in [0.15, 0.2) is 18.2 Å². The summed E-state index contributed by atoms with van der Waals surface area (Å²) in [6, 6.07) is 5.36. The Morgan fingerprint density at radius 3 is 1.79 bits per heavy atom. The number of aryl methyl sites for hydroxylation is 2. The Morgan fingerprint density at radius 2 is 1.42 bits per heavy atom. The van der Waals surface area contributed by atoms with E-state index in [4.69, 9.17) is 16.6 Å². The Morgan fingerprint density at radius 1 is 0.895 bits per heavy atom. The molecule has 5 heteroatoms. The molecular formula is C14H28N4O. The van der Waals surface area contributed by atoms with Crippen molar-refractivity contribution in [3.05, 3.63) is 29.3 Å². The smallest absolute Gasteiger partial charge is 0.115 e. The number of rotatable bonds is 7. The van der Waals surface area contributed by atoms with E-state index >= 15 is 0 Å². The van der Waals surface area contributed by atoms with E-state index in [-0.39, 0.29) is 0 Å². The van der Waals surface area contributed by atoms with Gasteiger partial charge in [-0.25, -0.2) is 0 Å². The van der Waals surface area contributed by atoms with E-state index in [9.17, 15) is 0 Å². The van der Waals surface area contributed by atoms with Crippen LogP contribution in [-0.4, -0.2) is 44.4 Å². The van der Waals surface area contributed by atoms with Crippen LogP contribution in [0.3, 0.4) is 0 Å². The summed E-state index contributed by atoms with van der Waals surface area (Å²) in [5.74, 6) is 0.345. The normalized spacial score (nSPS) is 9.89. The van der Waals surface area contributed by atoms with Crippen molar-refractivity contribution in [2.75, 3.05) is 39.3 Å². The van der Waals surface area contributed by atoms with Crippen molar-refractivity contribution in [3.8, 4) is 5.75 Å². The number of hydrogen-bond acceptors (Lipinski definition) is 5. The standard InChI is InChI=1S/C8H10O.C6H18N4/c1-6-3-4-8(9)5-7(6)2;7-1-3-9-5-6-10-4-2-8/h3-5,9H,1-2H3;9-10H,1-8H2. The first-order valence-electron chi connectivity index (χ1n) is 6.69. The van der Waals surface area contributed by atoms with Gasteiger partial charge in [-0.05, 0) is 37.1 Å². The highest BCUT2D eigenvalue weighted by Gasteiger charge is 1.90. The lowest BCUT2D eigenvalue weighted by Gasteiger charge is -2.03. The molecule has 7 N–H and O–H groups in total. The van der Waals surface area contributed by atoms with E-state index in [0.717, 1.165) is 31.7 Å². The highest BCUT2D eigenvalue weighted by molar-refractivity contribution is 5.32. The minimum Gasteiger partial charge on any atom is -0.508 e. The van der Waals surface area contributed by atoms with Crippen LogP contribution in [0.5, 0.6) is 5.75 Å². The largest absolute Gasteiger partial charge is 0.508 e. The summed E-state index contributed by atoms with van der Waals surface area (Å²) in [6.45, 7) is 9.14. The molecule has 0 aliphatic carbocycles. The molecule has 0 aliphatic rings. The van der Waals surface area contributed by atoms with Crippen LogP contribution in [0.1, 0.15) is 11.1 Å². The average Bonchev–Trinajstić information content (AvgIpc) is 2.39. The molecule has 0 bridgehead atoms. The summed E-state index contributed by atoms with van der Waals surface area (Å²) in [7, 11) is 0. The third kappa shape index (κ3) is 10.5. The van der Waals surface area contributed by atoms with Crippen molar-refractivity contribution in [1.29, 1.82) is 0 Å². The Bertz CT molecular complexity index is 323. The van der Waals surface area contributed by atoms with Crippen molar-refractivity contribution in [1.82, 2.24) is 10.6 Å². The molecule has 0 aliphatic heterocycles. The molecule has 0 atom stereocenters. The van der Waals surface area contributed by atoms with Crippen LogP contribution < -0.4 is 22.1 Å². The monoisotopic (exact) mass is 268 g/mol. The summed E-state index contributed by atoms with van der Waals surface area (Å²) in [5, 5.41) is 15.3. The first-order valence-corrected chi connectivity index (χ1v) is 6.69. The van der Waals surface area contributed by atoms with Crippen LogP contribution in [0.2, 0.25) is 0 Å². The first-order chi connectivity index (χ1) is 9.11. The van der Waals surface area contributed by atoms with Crippen LogP contribution in [0, 0.1) is 13.8 Å². The molecule has 0 amide bonds. The molecule has 0 saturated carbocycles. The summed E-state index contributed by atoms with van der Waals surface area (Å²) in [4.78, 5) is 0. The van der Waals surface area contributed by atoms with Crippen LogP contribution >= 0.6 is 0 Å². The highest BCUT2D eigenvalue weighted by Crippen LogP contribution is 2.13. The summed E-state index contributed by atoms with van der Waals surface area (Å²) in [5.41, 5.74) is 12.9. The fraction of sp³-hybridized carbons (Fsp3) is 0.571. The maximum Gasteiger partial charge on any atom is 0.115 e. The molecule has 110 valence electrons. The van der Waals surface area contributed by atoms with Crippen LogP contribution in [0.4, 0.5) is 0 Å². The van der Waals surface area contributed by atoms with Gasteiger partial charge in [-0.2, -0.15) is 0 Å². The topological polar surface area (TPSA) is 96.3 Å². The van der Waals surface area contributed by atoms with Gasteiger partial charge in [-0.1, -0.05) is 6.07 Å². The number of phenols is 1. The van der Waals surface area contributed by atoms with Gasteiger partial charge in [0.25, 0.3) is 0 Å². The summed E-state index contributed by atoms with van der Waals surface area (Å²) < 4.78 is 0. The van der Waals surface area contributed by atoms with Gasteiger partial charge in [-0.15, -0.1) is 0 Å². The molecule has 0 saturated heterocycles. The van der Waals surface area contributed by atoms with Crippen LogP contribution in [0.25, 0.3) is 0 Å². The molecule has 0 heterocycles. The zero-order chi connectivity index (χ0) is 14.5. The Balaban J connectivity index is 0.000000342. The number of aromatic hydroxyl groups is 1. The lowest BCUT2D eigenvalue weighted by Crippen LogP contribution is -2.32. The van der Waals surface area contributed by atoms with Gasteiger partial charge in [0, 0.05) is 39.3 Å². The molecule has 0 aromatic heterocycles. The third-order valence-corrected chi connectivity index (χ3v) is 2.61. The highest BCUT2D eigenvalue weighted by atomic mass is 16.3. The number of phenolic OH excluding ortho intramolecular Hbond substituents is 1. The van der Waals surface area contributed by atoms with Gasteiger partial charge < -0.3 is 27.2 Å². The molecular weight excluding hydrogens is 240 g/mol. The predicted octanol–water partition coefficient (Wildman–Crippen LogP) is 0.0920. The van der Waals surface area contributed by atoms with Gasteiger partial charge in [0.05, 0.1) is 0 Å². The minimum absolute atomic E-state index is 0.345. The Hall–Kier alpha value is -1.14. The van der Waals surface area contributed by atoms with Gasteiger partial charge in [-0.3, -0.25) is 0 Å². The average molecular weight is 268 g/mol. The second-order valence-electron chi connectivity index (χ2n) is 4.35. The lowest BCUT2D eigenvalue weighted by atomic mass is 10.1. The summed E-state index contributed by atoms with van der Waals surface area (Å²) >= 11 is 0. The molecule has 0 unspecified atom stereocenters. The van der Waals surface area contributed by atoms with E-state index in [2.05, 4.69) is 10.6 Å². The van der Waals surface area contributed by atoms with Crippen molar-refractivity contribution in [3.63, 3.8) is 0 Å². The first kappa shape index (κ1) is 17.9. The molecule has 0 spiro atoms. The lowest BCUT2D eigenvalue weighted by molar-refractivity contribution is 0.474. The second-order valence-corrected chi connectivity index (χ2v) is 4.35. The second kappa shape index (κ2) is 11.9. The van der Waals surface area contributed by atoms with Crippen molar-refractivity contribution in [2.45, 2.75) is 13.8 Å². The molecule has 0 fully saturated rings. The van der Waals surface area contributed by atoms with E-state index in [1.165, 1.54) is 5.56 Å². The number of nitrogens with two attached hydrogens (primary N) is 2. The predicted molar refractivity (Wildman–Crippen MR) is 81.4 cm³/mol. The molecule has 1 rings (SSSR count). The van der Waals surface area contributed by atoms with Crippen molar-refractivity contribution < 1.29 is 5.11 Å². The van der Waals surface area contributed by atoms with Gasteiger partial charge in [0.1, 0.15) is 5.75 Å². The van der Waals surface area contributed by atoms with Gasteiger partial charge >= 0.3 is 0 Å². The third-order valence-electron chi connectivity index (χ3n) is 2.61.